The lowest BCUT2D eigenvalue weighted by Gasteiger charge is -2.06. The van der Waals surface area contributed by atoms with Crippen LogP contribution in [-0.4, -0.2) is 41.8 Å². The lowest BCUT2D eigenvalue weighted by molar-refractivity contribution is -0.140. The Morgan fingerprint density at radius 3 is 2.89 bits per heavy atom. The summed E-state index contributed by atoms with van der Waals surface area (Å²) in [5.74, 6) is -0.587. The van der Waals surface area contributed by atoms with Gasteiger partial charge in [0.1, 0.15) is 5.69 Å². The fraction of sp³-hybridized carbons (Fsp3) is 0.455. The maximum atomic E-state index is 11.9. The molecule has 0 bridgehead atoms. The molecule has 0 aromatic carbocycles. The summed E-state index contributed by atoms with van der Waals surface area (Å²) in [6, 6.07) is 0. The molecule has 0 atom stereocenters. The van der Waals surface area contributed by atoms with E-state index in [9.17, 15) is 9.59 Å². The SMILES string of the molecule is COC(=O)CCCNC(=O)c1nc(SC)ncc1Br. The van der Waals surface area contributed by atoms with Gasteiger partial charge in [-0.1, -0.05) is 11.8 Å². The molecule has 0 radical (unpaired) electrons. The van der Waals surface area contributed by atoms with Crippen molar-refractivity contribution < 1.29 is 14.3 Å². The highest BCUT2D eigenvalue weighted by Gasteiger charge is 2.13. The molecule has 6 nitrogen and oxygen atoms in total. The van der Waals surface area contributed by atoms with Gasteiger partial charge in [-0.3, -0.25) is 9.59 Å². The summed E-state index contributed by atoms with van der Waals surface area (Å²) in [6.45, 7) is 0.388. The number of methoxy groups -OCH3 is 1. The Bertz CT molecular complexity index is 470. The fourth-order valence-electron chi connectivity index (χ4n) is 1.23. The normalized spacial score (nSPS) is 10.1. The van der Waals surface area contributed by atoms with Crippen LogP contribution in [0.4, 0.5) is 0 Å². The van der Waals surface area contributed by atoms with Crippen molar-refractivity contribution in [2.75, 3.05) is 19.9 Å². The van der Waals surface area contributed by atoms with E-state index >= 15 is 0 Å². The maximum Gasteiger partial charge on any atom is 0.305 e. The summed E-state index contributed by atoms with van der Waals surface area (Å²) < 4.78 is 5.05. The average molecular weight is 348 g/mol. The summed E-state index contributed by atoms with van der Waals surface area (Å²) in [5, 5.41) is 3.22. The first-order chi connectivity index (χ1) is 9.08. The first-order valence-electron chi connectivity index (χ1n) is 5.50. The minimum atomic E-state index is -0.297. The highest BCUT2D eigenvalue weighted by atomic mass is 79.9. The minimum Gasteiger partial charge on any atom is -0.469 e. The van der Waals surface area contributed by atoms with Crippen LogP contribution in [0.3, 0.4) is 0 Å². The number of halogens is 1. The van der Waals surface area contributed by atoms with E-state index in [4.69, 9.17) is 0 Å². The van der Waals surface area contributed by atoms with E-state index in [-0.39, 0.29) is 24.0 Å². The molecular weight excluding hydrogens is 334 g/mol. The van der Waals surface area contributed by atoms with Gasteiger partial charge in [0.25, 0.3) is 5.91 Å². The van der Waals surface area contributed by atoms with Crippen molar-refractivity contribution in [1.29, 1.82) is 0 Å². The molecular formula is C11H14BrN3O3S. The van der Waals surface area contributed by atoms with Crippen LogP contribution in [-0.2, 0) is 9.53 Å². The van der Waals surface area contributed by atoms with Crippen LogP contribution < -0.4 is 5.32 Å². The number of nitrogens with one attached hydrogen (secondary N) is 1. The average Bonchev–Trinajstić information content (AvgIpc) is 2.43. The second kappa shape index (κ2) is 8.11. The molecule has 1 heterocycles. The van der Waals surface area contributed by atoms with Crippen LogP contribution >= 0.6 is 27.7 Å². The molecule has 0 aliphatic rings. The van der Waals surface area contributed by atoms with Crippen molar-refractivity contribution in [3.8, 4) is 0 Å². The van der Waals surface area contributed by atoms with Crippen LogP contribution in [0, 0.1) is 0 Å². The summed E-state index contributed by atoms with van der Waals surface area (Å²) >= 11 is 4.59. The first-order valence-corrected chi connectivity index (χ1v) is 7.51. The second-order valence-corrected chi connectivity index (χ2v) is 5.12. The molecule has 8 heteroatoms. The standard InChI is InChI=1S/C11H14BrN3O3S/c1-18-8(16)4-3-5-13-10(17)9-7(12)6-14-11(15-9)19-2/h6H,3-5H2,1-2H3,(H,13,17). The van der Waals surface area contributed by atoms with E-state index in [1.165, 1.54) is 18.9 Å². The third kappa shape index (κ3) is 5.15. The third-order valence-corrected chi connectivity index (χ3v) is 3.33. The molecule has 104 valence electrons. The lowest BCUT2D eigenvalue weighted by Crippen LogP contribution is -2.26. The molecule has 1 amide bonds. The topological polar surface area (TPSA) is 81.2 Å². The highest BCUT2D eigenvalue weighted by molar-refractivity contribution is 9.10. The van der Waals surface area contributed by atoms with Gasteiger partial charge in [0.15, 0.2) is 5.16 Å². The van der Waals surface area contributed by atoms with Gasteiger partial charge in [-0.05, 0) is 28.6 Å². The first kappa shape index (κ1) is 15.9. The number of carbonyl (C=O) groups is 2. The number of hydrogen-bond acceptors (Lipinski definition) is 6. The predicted molar refractivity (Wildman–Crippen MR) is 75.1 cm³/mol. The Balaban J connectivity index is 2.51. The van der Waals surface area contributed by atoms with E-state index in [1.807, 2.05) is 6.26 Å². The number of nitrogens with zero attached hydrogens (tertiary/aromatic N) is 2. The second-order valence-electron chi connectivity index (χ2n) is 3.49. The number of hydrogen-bond donors (Lipinski definition) is 1. The van der Waals surface area contributed by atoms with E-state index in [0.717, 1.165) is 0 Å². The number of ether oxygens (including phenoxy) is 1. The number of esters is 1. The van der Waals surface area contributed by atoms with Gasteiger partial charge in [0.2, 0.25) is 0 Å². The summed E-state index contributed by atoms with van der Waals surface area (Å²) in [6.07, 6.45) is 4.18. The highest BCUT2D eigenvalue weighted by Crippen LogP contribution is 2.16. The van der Waals surface area contributed by atoms with Gasteiger partial charge in [-0.15, -0.1) is 0 Å². The van der Waals surface area contributed by atoms with Gasteiger partial charge in [-0.2, -0.15) is 0 Å². The smallest absolute Gasteiger partial charge is 0.305 e. The summed E-state index contributed by atoms with van der Waals surface area (Å²) in [7, 11) is 1.34. The third-order valence-electron chi connectivity index (χ3n) is 2.19. The Kier molecular flexibility index (Phi) is 6.79. The summed E-state index contributed by atoms with van der Waals surface area (Å²) in [5.41, 5.74) is 0.289. The van der Waals surface area contributed by atoms with Gasteiger partial charge in [-0.25, -0.2) is 9.97 Å². The Morgan fingerprint density at radius 1 is 1.53 bits per heavy atom. The van der Waals surface area contributed by atoms with Crippen molar-refractivity contribution in [3.05, 3.63) is 16.4 Å². The molecule has 1 N–H and O–H groups in total. The predicted octanol–water partition coefficient (Wildman–Crippen LogP) is 1.64. The van der Waals surface area contributed by atoms with Gasteiger partial charge < -0.3 is 10.1 Å². The zero-order valence-electron chi connectivity index (χ0n) is 10.6. The van der Waals surface area contributed by atoms with Crippen LogP contribution in [0.25, 0.3) is 0 Å². The number of aromatic nitrogens is 2. The van der Waals surface area contributed by atoms with Gasteiger partial charge in [0, 0.05) is 19.2 Å². The monoisotopic (exact) mass is 347 g/mol. The largest absolute Gasteiger partial charge is 0.469 e. The number of carbonyl (C=O) groups excluding carboxylic acids is 2. The Labute approximate surface area is 123 Å². The molecule has 0 aliphatic heterocycles. The molecule has 1 rings (SSSR count). The molecule has 19 heavy (non-hydrogen) atoms. The van der Waals surface area contributed by atoms with Crippen LogP contribution in [0.2, 0.25) is 0 Å². The van der Waals surface area contributed by atoms with Gasteiger partial charge >= 0.3 is 5.97 Å². The van der Waals surface area contributed by atoms with Crippen LogP contribution in [0.1, 0.15) is 23.3 Å². The van der Waals surface area contributed by atoms with E-state index in [0.29, 0.717) is 22.6 Å². The Hall–Kier alpha value is -1.15. The van der Waals surface area contributed by atoms with Gasteiger partial charge in [0.05, 0.1) is 11.6 Å². The maximum absolute atomic E-state index is 11.9. The quantitative estimate of drug-likeness (QED) is 0.364. The number of amides is 1. The van der Waals surface area contributed by atoms with Crippen LogP contribution in [0.5, 0.6) is 0 Å². The fourth-order valence-corrected chi connectivity index (χ4v) is 1.94. The van der Waals surface area contributed by atoms with Crippen molar-refractivity contribution >= 4 is 39.6 Å². The molecule has 0 fully saturated rings. The van der Waals surface area contributed by atoms with Crippen LogP contribution in [0.15, 0.2) is 15.8 Å². The zero-order chi connectivity index (χ0) is 14.3. The van der Waals surface area contributed by atoms with Crippen molar-refractivity contribution in [2.24, 2.45) is 0 Å². The minimum absolute atomic E-state index is 0.276. The van der Waals surface area contributed by atoms with E-state index in [1.54, 1.807) is 6.20 Å². The van der Waals surface area contributed by atoms with E-state index < -0.39 is 0 Å². The van der Waals surface area contributed by atoms with E-state index in [2.05, 4.69) is 36.0 Å². The molecule has 0 spiro atoms. The van der Waals surface area contributed by atoms with Crippen molar-refractivity contribution in [3.63, 3.8) is 0 Å². The number of rotatable bonds is 6. The summed E-state index contributed by atoms with van der Waals surface area (Å²) in [4.78, 5) is 30.9. The molecule has 1 aromatic heterocycles. The molecule has 0 saturated carbocycles. The molecule has 0 unspecified atom stereocenters. The van der Waals surface area contributed by atoms with Crippen molar-refractivity contribution in [1.82, 2.24) is 15.3 Å². The molecule has 1 aromatic rings. The van der Waals surface area contributed by atoms with Crippen molar-refractivity contribution in [2.45, 2.75) is 18.0 Å². The zero-order valence-corrected chi connectivity index (χ0v) is 13.0. The molecule has 0 saturated heterocycles. The molecule has 0 aliphatic carbocycles. The number of thioether (sulfide) groups is 1. The Morgan fingerprint density at radius 2 is 2.26 bits per heavy atom. The lowest BCUT2D eigenvalue weighted by atomic mass is 10.3.